The predicted octanol–water partition coefficient (Wildman–Crippen LogP) is 4.35. The number of hydrogen-bond donors (Lipinski definition) is 2. The summed E-state index contributed by atoms with van der Waals surface area (Å²) in [6.45, 7) is 3.67. The first-order valence-corrected chi connectivity index (χ1v) is 11.3. The number of aliphatic imine (C=N–C) groups is 1. The lowest BCUT2D eigenvalue weighted by Gasteiger charge is -2.30. The van der Waals surface area contributed by atoms with Gasteiger partial charge in [0.15, 0.2) is 5.78 Å². The first-order valence-electron chi connectivity index (χ1n) is 11.3. The molecule has 2 aliphatic rings. The number of nitrogens with one attached hydrogen (secondary N) is 2. The minimum Gasteiger partial charge on any atom is -0.469 e. The number of H-pyrrole nitrogens is 1. The van der Waals surface area contributed by atoms with Crippen LogP contribution in [0.15, 0.2) is 81.2 Å². The zero-order chi connectivity index (χ0) is 25.4. The number of aromatic amines is 1. The van der Waals surface area contributed by atoms with Gasteiger partial charge in [-0.1, -0.05) is 0 Å². The summed E-state index contributed by atoms with van der Waals surface area (Å²) in [6.07, 6.45) is 3.14. The standard InChI is InChI=1S/C26H22N4O6/c1-3-35-26(32)21-14(2)27-25-23(22(21)20-5-4-12-36-20)24(31)19(29-25)13-16-8-11-18(28-16)15-6-9-17(10-7-15)30(33)34/h4-13,22-23,28H,3H2,1-2H3,(H,27,29)/b19-13+. The van der Waals surface area contributed by atoms with E-state index in [1.165, 1.54) is 18.4 Å². The summed E-state index contributed by atoms with van der Waals surface area (Å²) in [5.74, 6) is -1.26. The molecule has 0 spiro atoms. The van der Waals surface area contributed by atoms with Gasteiger partial charge < -0.3 is 19.5 Å². The number of hydrogen-bond acceptors (Lipinski definition) is 8. The lowest BCUT2D eigenvalue weighted by molar-refractivity contribution is -0.384. The first-order chi connectivity index (χ1) is 17.4. The second-order valence-corrected chi connectivity index (χ2v) is 8.38. The highest BCUT2D eigenvalue weighted by Crippen LogP contribution is 2.42. The summed E-state index contributed by atoms with van der Waals surface area (Å²) in [5, 5.41) is 14.0. The summed E-state index contributed by atoms with van der Waals surface area (Å²) < 4.78 is 10.9. The van der Waals surface area contributed by atoms with Gasteiger partial charge in [0.05, 0.1) is 35.2 Å². The molecule has 2 aliphatic heterocycles. The molecule has 0 fully saturated rings. The molecule has 3 aromatic rings. The molecule has 0 radical (unpaired) electrons. The average molecular weight is 486 g/mol. The Morgan fingerprint density at radius 1 is 1.19 bits per heavy atom. The fourth-order valence-electron chi connectivity index (χ4n) is 4.55. The van der Waals surface area contributed by atoms with Crippen LogP contribution in [0.2, 0.25) is 0 Å². The molecule has 0 saturated carbocycles. The highest BCUT2D eigenvalue weighted by Gasteiger charge is 2.48. The van der Waals surface area contributed by atoms with Gasteiger partial charge in [-0.2, -0.15) is 0 Å². The van der Waals surface area contributed by atoms with Gasteiger partial charge in [0.1, 0.15) is 17.3 Å². The number of aromatic nitrogens is 1. The van der Waals surface area contributed by atoms with E-state index in [0.717, 1.165) is 11.3 Å². The molecule has 0 saturated heterocycles. The Bertz CT molecular complexity index is 1440. The third-order valence-corrected chi connectivity index (χ3v) is 6.17. The van der Waals surface area contributed by atoms with Gasteiger partial charge in [0.2, 0.25) is 0 Å². The molecule has 2 unspecified atom stereocenters. The van der Waals surface area contributed by atoms with E-state index in [-0.39, 0.29) is 23.8 Å². The number of carbonyl (C=O) groups excluding carboxylic acids is 2. The van der Waals surface area contributed by atoms with Gasteiger partial charge in [-0.25, -0.2) is 9.79 Å². The summed E-state index contributed by atoms with van der Waals surface area (Å²) >= 11 is 0. The van der Waals surface area contributed by atoms with Crippen molar-refractivity contribution in [1.29, 1.82) is 0 Å². The van der Waals surface area contributed by atoms with E-state index < -0.39 is 22.7 Å². The summed E-state index contributed by atoms with van der Waals surface area (Å²) in [5.41, 5.74) is 3.27. The third-order valence-electron chi connectivity index (χ3n) is 6.17. The van der Waals surface area contributed by atoms with Crippen molar-refractivity contribution >= 4 is 29.4 Å². The van der Waals surface area contributed by atoms with Crippen LogP contribution in [0.4, 0.5) is 5.69 Å². The first kappa shape index (κ1) is 23.0. The number of ether oxygens (including phenoxy) is 1. The van der Waals surface area contributed by atoms with Crippen molar-refractivity contribution in [3.05, 3.63) is 93.3 Å². The van der Waals surface area contributed by atoms with Gasteiger partial charge in [-0.05, 0) is 61.9 Å². The number of nitro groups is 1. The van der Waals surface area contributed by atoms with Crippen LogP contribution in [0.1, 0.15) is 31.2 Å². The normalized spacial score (nSPS) is 20.2. The number of allylic oxidation sites excluding steroid dienone is 2. The van der Waals surface area contributed by atoms with Gasteiger partial charge in [-0.3, -0.25) is 14.9 Å². The zero-order valence-corrected chi connectivity index (χ0v) is 19.5. The van der Waals surface area contributed by atoms with Gasteiger partial charge in [0, 0.05) is 29.2 Å². The maximum absolute atomic E-state index is 13.5. The molecular weight excluding hydrogens is 464 g/mol. The van der Waals surface area contributed by atoms with E-state index >= 15 is 0 Å². The fraction of sp³-hybridized carbons (Fsp3) is 0.192. The smallest absolute Gasteiger partial charge is 0.336 e. The highest BCUT2D eigenvalue weighted by molar-refractivity contribution is 6.21. The molecule has 1 aromatic carbocycles. The van der Waals surface area contributed by atoms with E-state index in [2.05, 4.69) is 15.3 Å². The van der Waals surface area contributed by atoms with Crippen LogP contribution in [0, 0.1) is 16.0 Å². The molecule has 36 heavy (non-hydrogen) atoms. The molecule has 4 heterocycles. The van der Waals surface area contributed by atoms with Crippen molar-refractivity contribution < 1.29 is 23.7 Å². The van der Waals surface area contributed by atoms with Crippen molar-refractivity contribution in [1.82, 2.24) is 10.3 Å². The van der Waals surface area contributed by atoms with Crippen LogP contribution in [-0.2, 0) is 14.3 Å². The van der Waals surface area contributed by atoms with Gasteiger partial charge >= 0.3 is 5.97 Å². The van der Waals surface area contributed by atoms with Crippen LogP contribution in [-0.4, -0.2) is 34.1 Å². The largest absolute Gasteiger partial charge is 0.469 e. The highest BCUT2D eigenvalue weighted by atomic mass is 16.6. The quantitative estimate of drug-likeness (QED) is 0.228. The monoisotopic (exact) mass is 486 g/mol. The zero-order valence-electron chi connectivity index (χ0n) is 19.5. The molecule has 2 atom stereocenters. The van der Waals surface area contributed by atoms with Crippen LogP contribution < -0.4 is 5.32 Å². The van der Waals surface area contributed by atoms with Crippen LogP contribution in [0.5, 0.6) is 0 Å². The Labute approximate surface area is 205 Å². The molecule has 2 aromatic heterocycles. The van der Waals surface area contributed by atoms with Crippen LogP contribution in [0.25, 0.3) is 17.3 Å². The fourth-order valence-corrected chi connectivity index (χ4v) is 4.55. The number of esters is 1. The number of benzene rings is 1. The SMILES string of the molecule is CCOC(=O)C1=C(C)NC2=N/C(=C/c3ccc(-c4ccc([N+](=O)[O-])cc4)[nH]3)C(=O)C2C1c1ccco1. The Kier molecular flexibility index (Phi) is 5.85. The van der Waals surface area contributed by atoms with E-state index in [4.69, 9.17) is 9.15 Å². The number of Topliss-reactive ketones (excluding diaryl/α,β-unsaturated/α-hetero) is 1. The molecule has 182 valence electrons. The number of nitro benzene ring substituents is 1. The maximum atomic E-state index is 13.5. The molecule has 2 N–H and O–H groups in total. The number of fused-ring (bicyclic) bond motifs is 1. The minimum atomic E-state index is -0.755. The van der Waals surface area contributed by atoms with Crippen molar-refractivity contribution in [2.75, 3.05) is 6.61 Å². The van der Waals surface area contributed by atoms with Gasteiger partial charge in [-0.15, -0.1) is 0 Å². The molecule has 10 heteroatoms. The van der Waals surface area contributed by atoms with Crippen molar-refractivity contribution in [3.8, 4) is 11.3 Å². The average Bonchev–Trinajstić information content (AvgIpc) is 3.60. The molecule has 5 rings (SSSR count). The Morgan fingerprint density at radius 3 is 2.64 bits per heavy atom. The predicted molar refractivity (Wildman–Crippen MR) is 131 cm³/mol. The van der Waals surface area contributed by atoms with E-state index in [1.54, 1.807) is 50.3 Å². The lowest BCUT2D eigenvalue weighted by Crippen LogP contribution is -2.42. The minimum absolute atomic E-state index is 0.00679. The number of carbonyl (C=O) groups is 2. The van der Waals surface area contributed by atoms with Crippen molar-refractivity contribution in [2.45, 2.75) is 19.8 Å². The molecule has 0 bridgehead atoms. The Hall–Kier alpha value is -4.73. The van der Waals surface area contributed by atoms with E-state index in [0.29, 0.717) is 28.6 Å². The molecule has 0 aliphatic carbocycles. The van der Waals surface area contributed by atoms with E-state index in [1.807, 2.05) is 6.07 Å². The number of rotatable bonds is 6. The second kappa shape index (κ2) is 9.14. The third kappa shape index (κ3) is 4.02. The number of non-ortho nitro benzene ring substituents is 1. The Morgan fingerprint density at radius 2 is 1.97 bits per heavy atom. The lowest BCUT2D eigenvalue weighted by atomic mass is 9.77. The molecular formula is C26H22N4O6. The number of ketones is 1. The summed E-state index contributed by atoms with van der Waals surface area (Å²) in [4.78, 5) is 44.5. The van der Waals surface area contributed by atoms with Crippen molar-refractivity contribution in [3.63, 3.8) is 0 Å². The number of nitrogens with zero attached hydrogens (tertiary/aromatic N) is 2. The number of furan rings is 1. The van der Waals surface area contributed by atoms with Gasteiger partial charge in [0.25, 0.3) is 5.69 Å². The maximum Gasteiger partial charge on any atom is 0.336 e. The topological polar surface area (TPSA) is 140 Å². The number of amidine groups is 1. The van der Waals surface area contributed by atoms with Crippen LogP contribution >= 0.6 is 0 Å². The van der Waals surface area contributed by atoms with Crippen molar-refractivity contribution in [2.24, 2.45) is 10.9 Å². The summed E-state index contributed by atoms with van der Waals surface area (Å²) in [7, 11) is 0. The second-order valence-electron chi connectivity index (χ2n) is 8.38. The molecule has 10 nitrogen and oxygen atoms in total. The van der Waals surface area contributed by atoms with Crippen LogP contribution in [0.3, 0.4) is 0 Å². The Balaban J connectivity index is 1.46. The summed E-state index contributed by atoms with van der Waals surface area (Å²) in [6, 6.07) is 13.2. The molecule has 0 amide bonds. The van der Waals surface area contributed by atoms with E-state index in [9.17, 15) is 19.7 Å².